The van der Waals surface area contributed by atoms with Gasteiger partial charge in [-0.3, -0.25) is 9.79 Å². The molecular formula is C24H32F3IN4O. The first-order chi connectivity index (χ1) is 15.2. The molecule has 182 valence electrons. The second-order valence-corrected chi connectivity index (χ2v) is 8.43. The van der Waals surface area contributed by atoms with Gasteiger partial charge in [0.1, 0.15) is 0 Å². The van der Waals surface area contributed by atoms with Crippen molar-refractivity contribution in [1.29, 1.82) is 0 Å². The maximum absolute atomic E-state index is 13.1. The quantitative estimate of drug-likeness (QED) is 0.204. The van der Waals surface area contributed by atoms with Crippen molar-refractivity contribution < 1.29 is 13.2 Å². The number of pyridine rings is 1. The molecule has 5 nitrogen and oxygen atoms in total. The molecule has 0 spiro atoms. The molecular weight excluding hydrogens is 544 g/mol. The Hall–Kier alpha value is -2.04. The smallest absolute Gasteiger partial charge is 0.356 e. The molecule has 1 fully saturated rings. The molecule has 3 rings (SSSR count). The number of nitrogens with one attached hydrogen (secondary N) is 2. The lowest BCUT2D eigenvalue weighted by Gasteiger charge is -2.43. The Morgan fingerprint density at radius 3 is 2.45 bits per heavy atom. The zero-order valence-corrected chi connectivity index (χ0v) is 21.4. The lowest BCUT2D eigenvalue weighted by atomic mass is 9.64. The van der Waals surface area contributed by atoms with Crippen molar-refractivity contribution in [2.75, 3.05) is 20.1 Å². The van der Waals surface area contributed by atoms with Crippen LogP contribution in [0.4, 0.5) is 13.2 Å². The normalized spacial score (nSPS) is 15.4. The fraction of sp³-hybridized carbons (Fsp3) is 0.500. The Kier molecular flexibility index (Phi) is 9.81. The Balaban J connectivity index is 0.00000385. The molecule has 1 aromatic carbocycles. The number of hydrogen-bond acceptors (Lipinski definition) is 2. The highest BCUT2D eigenvalue weighted by Gasteiger charge is 2.40. The Labute approximate surface area is 209 Å². The van der Waals surface area contributed by atoms with Crippen molar-refractivity contribution in [3.05, 3.63) is 69.6 Å². The largest absolute Gasteiger partial charge is 0.416 e. The van der Waals surface area contributed by atoms with E-state index in [0.29, 0.717) is 25.6 Å². The van der Waals surface area contributed by atoms with Crippen LogP contribution in [0.25, 0.3) is 0 Å². The minimum Gasteiger partial charge on any atom is -0.356 e. The maximum Gasteiger partial charge on any atom is 0.416 e. The Morgan fingerprint density at radius 2 is 1.85 bits per heavy atom. The van der Waals surface area contributed by atoms with Gasteiger partial charge in [-0.15, -0.1) is 24.0 Å². The van der Waals surface area contributed by atoms with Gasteiger partial charge in [0.25, 0.3) is 5.56 Å². The van der Waals surface area contributed by atoms with Gasteiger partial charge in [-0.05, 0) is 50.3 Å². The van der Waals surface area contributed by atoms with E-state index in [1.165, 1.54) is 12.1 Å². The van der Waals surface area contributed by atoms with Crippen molar-refractivity contribution in [3.63, 3.8) is 0 Å². The first kappa shape index (κ1) is 27.2. The van der Waals surface area contributed by atoms with E-state index in [-0.39, 0.29) is 35.0 Å². The van der Waals surface area contributed by atoms with Gasteiger partial charge in [0.15, 0.2) is 5.96 Å². The summed E-state index contributed by atoms with van der Waals surface area (Å²) in [6.45, 7) is 3.81. The number of rotatable bonds is 8. The number of halogens is 4. The Bertz CT molecular complexity index is 1000. The molecule has 0 saturated heterocycles. The summed E-state index contributed by atoms with van der Waals surface area (Å²) in [5.74, 6) is 0.635. The number of aliphatic imine (C=N–C) groups is 1. The second kappa shape index (κ2) is 11.9. The number of guanidine groups is 1. The SMILES string of the molecule is CN=C(NCCCCn1c(C)cccc1=O)NCC1(c2cccc(C(F)(F)F)c2)CCC1.I. The highest BCUT2D eigenvalue weighted by Crippen LogP contribution is 2.44. The van der Waals surface area contributed by atoms with E-state index in [4.69, 9.17) is 0 Å². The van der Waals surface area contributed by atoms with Gasteiger partial charge in [-0.2, -0.15) is 13.2 Å². The standard InChI is InChI=1S/C24H31F3N4O.HI/c1-18-8-5-11-21(32)31(18)15-4-3-14-29-22(28-2)30-17-23(12-7-13-23)19-9-6-10-20(16-19)24(25,26)27;/h5-6,8-11,16H,3-4,7,12-15,17H2,1-2H3,(H2,28,29,30);1H. The third kappa shape index (κ3) is 6.97. The average molecular weight is 576 g/mol. The van der Waals surface area contributed by atoms with Crippen molar-refractivity contribution in [1.82, 2.24) is 15.2 Å². The summed E-state index contributed by atoms with van der Waals surface area (Å²) < 4.78 is 41.2. The molecule has 2 aromatic rings. The number of nitrogens with zero attached hydrogens (tertiary/aromatic N) is 2. The molecule has 0 radical (unpaired) electrons. The van der Waals surface area contributed by atoms with Gasteiger partial charge in [0.05, 0.1) is 5.56 Å². The van der Waals surface area contributed by atoms with Crippen LogP contribution < -0.4 is 16.2 Å². The summed E-state index contributed by atoms with van der Waals surface area (Å²) >= 11 is 0. The lowest BCUT2D eigenvalue weighted by molar-refractivity contribution is -0.137. The van der Waals surface area contributed by atoms with Gasteiger partial charge in [-0.25, -0.2) is 0 Å². The molecule has 1 heterocycles. The van der Waals surface area contributed by atoms with E-state index in [0.717, 1.165) is 49.4 Å². The summed E-state index contributed by atoms with van der Waals surface area (Å²) in [6, 6.07) is 10.9. The zero-order chi connectivity index (χ0) is 23.2. The van der Waals surface area contributed by atoms with Gasteiger partial charge >= 0.3 is 6.18 Å². The lowest BCUT2D eigenvalue weighted by Crippen LogP contribution is -2.49. The average Bonchev–Trinajstić information content (AvgIpc) is 2.72. The third-order valence-electron chi connectivity index (χ3n) is 6.30. The number of alkyl halides is 3. The van der Waals surface area contributed by atoms with Crippen LogP contribution >= 0.6 is 24.0 Å². The number of benzene rings is 1. The molecule has 1 saturated carbocycles. The summed E-state index contributed by atoms with van der Waals surface area (Å²) in [5.41, 5.74) is 0.783. The monoisotopic (exact) mass is 576 g/mol. The Morgan fingerprint density at radius 1 is 1.12 bits per heavy atom. The van der Waals surface area contributed by atoms with Gasteiger partial charge in [-0.1, -0.05) is 30.7 Å². The summed E-state index contributed by atoms with van der Waals surface area (Å²) in [7, 11) is 1.68. The van der Waals surface area contributed by atoms with Crippen LogP contribution in [0.15, 0.2) is 52.3 Å². The molecule has 0 aliphatic heterocycles. The number of aromatic nitrogens is 1. The van der Waals surface area contributed by atoms with Gasteiger partial charge in [0.2, 0.25) is 0 Å². The van der Waals surface area contributed by atoms with E-state index in [2.05, 4.69) is 15.6 Å². The van der Waals surface area contributed by atoms with Crippen LogP contribution in [0.1, 0.15) is 48.9 Å². The highest BCUT2D eigenvalue weighted by molar-refractivity contribution is 14.0. The first-order valence-corrected chi connectivity index (χ1v) is 11.0. The van der Waals surface area contributed by atoms with E-state index in [1.54, 1.807) is 29.8 Å². The predicted octanol–water partition coefficient (Wildman–Crippen LogP) is 4.86. The number of aryl methyl sites for hydroxylation is 1. The van der Waals surface area contributed by atoms with Crippen molar-refractivity contribution >= 4 is 29.9 Å². The van der Waals surface area contributed by atoms with Crippen LogP contribution in [0.3, 0.4) is 0 Å². The highest BCUT2D eigenvalue weighted by atomic mass is 127. The number of hydrogen-bond donors (Lipinski definition) is 2. The molecule has 0 amide bonds. The second-order valence-electron chi connectivity index (χ2n) is 8.43. The minimum absolute atomic E-state index is 0. The topological polar surface area (TPSA) is 58.4 Å². The fourth-order valence-electron chi connectivity index (χ4n) is 4.18. The molecule has 0 atom stereocenters. The fourth-order valence-corrected chi connectivity index (χ4v) is 4.18. The van der Waals surface area contributed by atoms with E-state index < -0.39 is 11.7 Å². The van der Waals surface area contributed by atoms with Crippen molar-refractivity contribution in [3.8, 4) is 0 Å². The molecule has 33 heavy (non-hydrogen) atoms. The van der Waals surface area contributed by atoms with E-state index in [9.17, 15) is 18.0 Å². The van der Waals surface area contributed by atoms with Gasteiger partial charge < -0.3 is 15.2 Å². The predicted molar refractivity (Wildman–Crippen MR) is 136 cm³/mol. The van der Waals surface area contributed by atoms with Crippen LogP contribution in [-0.4, -0.2) is 30.7 Å². The minimum atomic E-state index is -4.34. The van der Waals surface area contributed by atoms with Crippen LogP contribution in [0.2, 0.25) is 0 Å². The van der Waals surface area contributed by atoms with Crippen molar-refractivity contribution in [2.45, 2.75) is 57.2 Å². The van der Waals surface area contributed by atoms with Crippen molar-refractivity contribution in [2.24, 2.45) is 4.99 Å². The van der Waals surface area contributed by atoms with E-state index >= 15 is 0 Å². The van der Waals surface area contributed by atoms with Crippen LogP contribution in [-0.2, 0) is 18.1 Å². The molecule has 9 heteroatoms. The van der Waals surface area contributed by atoms with Crippen LogP contribution in [0, 0.1) is 6.92 Å². The summed E-state index contributed by atoms with van der Waals surface area (Å²) in [5, 5.41) is 6.56. The molecule has 0 unspecified atom stereocenters. The molecule has 1 aliphatic rings. The molecule has 0 bridgehead atoms. The summed E-state index contributed by atoms with van der Waals surface area (Å²) in [4.78, 5) is 16.2. The number of unbranched alkanes of at least 4 members (excludes halogenated alkanes) is 1. The zero-order valence-electron chi connectivity index (χ0n) is 19.0. The maximum atomic E-state index is 13.1. The summed E-state index contributed by atoms with van der Waals surface area (Å²) in [6.07, 6.45) is 0.0771. The van der Waals surface area contributed by atoms with Gasteiger partial charge in [0, 0.05) is 43.9 Å². The molecule has 1 aliphatic carbocycles. The van der Waals surface area contributed by atoms with Crippen LogP contribution in [0.5, 0.6) is 0 Å². The van der Waals surface area contributed by atoms with E-state index in [1.807, 2.05) is 13.0 Å². The third-order valence-corrected chi connectivity index (χ3v) is 6.30. The first-order valence-electron chi connectivity index (χ1n) is 11.0. The molecule has 2 N–H and O–H groups in total. The molecule has 1 aromatic heterocycles.